The normalized spacial score (nSPS) is 20.5. The third-order valence-electron chi connectivity index (χ3n) is 5.46. The number of furan rings is 1. The smallest absolute Gasteiger partial charge is 0.267 e. The molecule has 2 heterocycles. The number of rotatable bonds is 6. The summed E-state index contributed by atoms with van der Waals surface area (Å²) < 4.78 is 11.3. The topological polar surface area (TPSA) is 45.9 Å². The summed E-state index contributed by atoms with van der Waals surface area (Å²) in [5, 5.41) is 0. The zero-order valence-electron chi connectivity index (χ0n) is 15.3. The van der Waals surface area contributed by atoms with Crippen LogP contribution in [-0.2, 0) is 11.3 Å². The molecule has 1 aliphatic carbocycles. The van der Waals surface area contributed by atoms with E-state index in [4.69, 9.17) is 9.15 Å². The fraction of sp³-hybridized carbons (Fsp3) is 0.476. The highest BCUT2D eigenvalue weighted by Crippen LogP contribution is 2.34. The molecule has 0 bridgehead atoms. The standard InChI is InChI=1S/C21H26N2O3/c1-16-21(24)23(19-10-4-5-11-20(19)26-16)13-12-22(17-7-2-3-8-17)15-18-9-6-14-25-18/h4-6,9-11,14,16-17H,2-3,7-8,12-13,15H2,1H3. The number of nitrogens with zero attached hydrogens (tertiary/aromatic N) is 2. The first-order valence-corrected chi connectivity index (χ1v) is 9.56. The Morgan fingerprint density at radius 1 is 1.15 bits per heavy atom. The van der Waals surface area contributed by atoms with Crippen molar-refractivity contribution in [2.45, 2.75) is 51.3 Å². The molecule has 5 heteroatoms. The molecule has 1 unspecified atom stereocenters. The lowest BCUT2D eigenvalue weighted by molar-refractivity contribution is -0.125. The zero-order valence-corrected chi connectivity index (χ0v) is 15.3. The van der Waals surface area contributed by atoms with Crippen LogP contribution in [0.1, 0.15) is 38.4 Å². The Hall–Kier alpha value is -2.27. The highest BCUT2D eigenvalue weighted by molar-refractivity contribution is 5.99. The van der Waals surface area contributed by atoms with E-state index in [0.29, 0.717) is 12.6 Å². The fourth-order valence-corrected chi connectivity index (χ4v) is 4.08. The fourth-order valence-electron chi connectivity index (χ4n) is 4.08. The van der Waals surface area contributed by atoms with Gasteiger partial charge in [-0.2, -0.15) is 0 Å². The van der Waals surface area contributed by atoms with Crippen molar-refractivity contribution in [1.82, 2.24) is 4.90 Å². The van der Waals surface area contributed by atoms with Gasteiger partial charge in [0, 0.05) is 19.1 Å². The molecule has 0 radical (unpaired) electrons. The van der Waals surface area contributed by atoms with E-state index >= 15 is 0 Å². The molecule has 0 saturated heterocycles. The van der Waals surface area contributed by atoms with Gasteiger partial charge in [0.2, 0.25) is 0 Å². The predicted molar refractivity (Wildman–Crippen MR) is 100 cm³/mol. The summed E-state index contributed by atoms with van der Waals surface area (Å²) in [5.41, 5.74) is 0.875. The van der Waals surface area contributed by atoms with E-state index in [-0.39, 0.29) is 5.91 Å². The number of benzene rings is 1. The van der Waals surface area contributed by atoms with E-state index in [9.17, 15) is 4.79 Å². The lowest BCUT2D eigenvalue weighted by Gasteiger charge is -2.35. The van der Waals surface area contributed by atoms with Gasteiger partial charge in [0.1, 0.15) is 11.5 Å². The lowest BCUT2D eigenvalue weighted by atomic mass is 10.1. The largest absolute Gasteiger partial charge is 0.479 e. The Balaban J connectivity index is 1.50. The Morgan fingerprint density at radius 2 is 1.96 bits per heavy atom. The van der Waals surface area contributed by atoms with Gasteiger partial charge in [0.05, 0.1) is 18.5 Å². The molecule has 1 aromatic heterocycles. The Kier molecular flexibility index (Phi) is 4.98. The summed E-state index contributed by atoms with van der Waals surface area (Å²) in [7, 11) is 0. The Bertz CT molecular complexity index is 737. The second-order valence-corrected chi connectivity index (χ2v) is 7.21. The van der Waals surface area contributed by atoms with Crippen LogP contribution in [0, 0.1) is 0 Å². The molecule has 5 nitrogen and oxygen atoms in total. The molecule has 138 valence electrons. The molecular weight excluding hydrogens is 328 g/mol. The first kappa shape index (κ1) is 17.2. The summed E-state index contributed by atoms with van der Waals surface area (Å²) in [4.78, 5) is 17.1. The molecule has 0 N–H and O–H groups in total. The quantitative estimate of drug-likeness (QED) is 0.791. The van der Waals surface area contributed by atoms with Crippen molar-refractivity contribution >= 4 is 11.6 Å². The van der Waals surface area contributed by atoms with E-state index in [1.54, 1.807) is 6.26 Å². The second-order valence-electron chi connectivity index (χ2n) is 7.21. The van der Waals surface area contributed by atoms with Crippen molar-refractivity contribution < 1.29 is 13.9 Å². The minimum atomic E-state index is -0.435. The van der Waals surface area contributed by atoms with Crippen LogP contribution in [0.2, 0.25) is 0 Å². The number of amides is 1. The number of carbonyl (C=O) groups excluding carboxylic acids is 1. The molecule has 2 aliphatic rings. The summed E-state index contributed by atoms with van der Waals surface area (Å²) in [6.45, 7) is 4.12. The maximum atomic E-state index is 12.7. The maximum absolute atomic E-state index is 12.7. The van der Waals surface area contributed by atoms with Crippen molar-refractivity contribution in [3.8, 4) is 5.75 Å². The lowest BCUT2D eigenvalue weighted by Crippen LogP contribution is -2.48. The molecule has 1 fully saturated rings. The maximum Gasteiger partial charge on any atom is 0.267 e. The third-order valence-corrected chi connectivity index (χ3v) is 5.46. The van der Waals surface area contributed by atoms with Gasteiger partial charge in [-0.1, -0.05) is 25.0 Å². The highest BCUT2D eigenvalue weighted by Gasteiger charge is 2.32. The first-order valence-electron chi connectivity index (χ1n) is 9.56. The van der Waals surface area contributed by atoms with Crippen LogP contribution in [0.4, 0.5) is 5.69 Å². The van der Waals surface area contributed by atoms with Gasteiger partial charge in [-0.05, 0) is 44.0 Å². The summed E-state index contributed by atoms with van der Waals surface area (Å²) in [6.07, 6.45) is 6.32. The second kappa shape index (κ2) is 7.54. The third kappa shape index (κ3) is 3.49. The Morgan fingerprint density at radius 3 is 2.73 bits per heavy atom. The van der Waals surface area contributed by atoms with Crippen molar-refractivity contribution in [3.63, 3.8) is 0 Å². The number of hydrogen-bond donors (Lipinski definition) is 0. The van der Waals surface area contributed by atoms with Gasteiger partial charge < -0.3 is 14.1 Å². The van der Waals surface area contributed by atoms with Gasteiger partial charge in [0.25, 0.3) is 5.91 Å². The first-order chi connectivity index (χ1) is 12.7. The number of para-hydroxylation sites is 2. The van der Waals surface area contributed by atoms with Gasteiger partial charge in [0.15, 0.2) is 6.10 Å². The highest BCUT2D eigenvalue weighted by atomic mass is 16.5. The van der Waals surface area contributed by atoms with E-state index in [2.05, 4.69) is 4.90 Å². The number of hydrogen-bond acceptors (Lipinski definition) is 4. The average molecular weight is 354 g/mol. The van der Waals surface area contributed by atoms with Crippen LogP contribution in [0.15, 0.2) is 47.1 Å². The summed E-state index contributed by atoms with van der Waals surface area (Å²) in [5.74, 6) is 1.81. The van der Waals surface area contributed by atoms with Crippen molar-refractivity contribution in [2.75, 3.05) is 18.0 Å². The SMILES string of the molecule is CC1Oc2ccccc2N(CCN(Cc2ccco2)C2CCCC2)C1=O. The van der Waals surface area contributed by atoms with Crippen LogP contribution < -0.4 is 9.64 Å². The molecule has 1 atom stereocenters. The average Bonchev–Trinajstić information content (AvgIpc) is 3.35. The van der Waals surface area contributed by atoms with Crippen LogP contribution in [0.5, 0.6) is 5.75 Å². The van der Waals surface area contributed by atoms with Gasteiger partial charge in [-0.3, -0.25) is 9.69 Å². The number of ether oxygens (including phenoxy) is 1. The molecule has 26 heavy (non-hydrogen) atoms. The molecule has 1 amide bonds. The van der Waals surface area contributed by atoms with Crippen molar-refractivity contribution in [2.24, 2.45) is 0 Å². The molecule has 1 saturated carbocycles. The van der Waals surface area contributed by atoms with E-state index in [1.807, 2.05) is 48.2 Å². The minimum absolute atomic E-state index is 0.0353. The zero-order chi connectivity index (χ0) is 17.9. The summed E-state index contributed by atoms with van der Waals surface area (Å²) in [6, 6.07) is 12.3. The van der Waals surface area contributed by atoms with Crippen LogP contribution >= 0.6 is 0 Å². The minimum Gasteiger partial charge on any atom is -0.479 e. The molecule has 4 rings (SSSR count). The van der Waals surface area contributed by atoms with E-state index in [1.165, 1.54) is 25.7 Å². The number of fused-ring (bicyclic) bond motifs is 1. The van der Waals surface area contributed by atoms with Crippen LogP contribution in [-0.4, -0.2) is 36.0 Å². The summed E-state index contributed by atoms with van der Waals surface area (Å²) >= 11 is 0. The van der Waals surface area contributed by atoms with Crippen LogP contribution in [0.25, 0.3) is 0 Å². The number of anilines is 1. The molecular formula is C21H26N2O3. The van der Waals surface area contributed by atoms with E-state index < -0.39 is 6.10 Å². The van der Waals surface area contributed by atoms with E-state index in [0.717, 1.165) is 30.3 Å². The van der Waals surface area contributed by atoms with Crippen LogP contribution in [0.3, 0.4) is 0 Å². The molecule has 1 aliphatic heterocycles. The predicted octanol–water partition coefficient (Wildman–Crippen LogP) is 3.84. The molecule has 2 aromatic rings. The monoisotopic (exact) mass is 354 g/mol. The molecule has 0 spiro atoms. The van der Waals surface area contributed by atoms with Crippen molar-refractivity contribution in [1.29, 1.82) is 0 Å². The molecule has 1 aromatic carbocycles. The number of carbonyl (C=O) groups is 1. The Labute approximate surface area is 154 Å². The van der Waals surface area contributed by atoms with Crippen molar-refractivity contribution in [3.05, 3.63) is 48.4 Å². The van der Waals surface area contributed by atoms with Gasteiger partial charge >= 0.3 is 0 Å². The van der Waals surface area contributed by atoms with Gasteiger partial charge in [-0.25, -0.2) is 0 Å². The van der Waals surface area contributed by atoms with Gasteiger partial charge in [-0.15, -0.1) is 0 Å².